The van der Waals surface area contributed by atoms with E-state index in [1.54, 1.807) is 24.4 Å². The second-order valence-electron chi connectivity index (χ2n) is 8.09. The first-order valence-corrected chi connectivity index (χ1v) is 11.4. The summed E-state index contributed by atoms with van der Waals surface area (Å²) in [6.07, 6.45) is 4.49. The standard InChI is InChI=1S/C25H23ClN4O4/c26-21-10-17(34-16-4-2-1-3-5-16)8-9-19(21)23(32)20-11-27-24-22(20)25(29-14-28-24)30-15-6-7-18(12-31)33-13-15/h1-5,8-11,14-15,18,31H,6-7,12-13H2,(H2,27,28,29,30)/t15-,18?/m1/s1. The molecule has 34 heavy (non-hydrogen) atoms. The molecule has 8 nitrogen and oxygen atoms in total. The highest BCUT2D eigenvalue weighted by atomic mass is 35.5. The fourth-order valence-corrected chi connectivity index (χ4v) is 4.28. The van der Waals surface area contributed by atoms with E-state index in [0.717, 1.165) is 12.8 Å². The molecule has 1 aliphatic rings. The van der Waals surface area contributed by atoms with Gasteiger partial charge in [0.15, 0.2) is 5.78 Å². The minimum Gasteiger partial charge on any atom is -0.457 e. The molecule has 4 aromatic rings. The van der Waals surface area contributed by atoms with Crippen LogP contribution >= 0.6 is 11.6 Å². The van der Waals surface area contributed by atoms with Crippen LogP contribution in [0.25, 0.3) is 11.0 Å². The van der Waals surface area contributed by atoms with Gasteiger partial charge in [0.1, 0.15) is 29.3 Å². The van der Waals surface area contributed by atoms with Crippen LogP contribution < -0.4 is 10.1 Å². The highest BCUT2D eigenvalue weighted by molar-refractivity contribution is 6.35. The quantitative estimate of drug-likeness (QED) is 0.333. The number of hydrogen-bond acceptors (Lipinski definition) is 7. The van der Waals surface area contributed by atoms with E-state index in [1.807, 2.05) is 30.3 Å². The molecule has 2 atom stereocenters. The molecular weight excluding hydrogens is 456 g/mol. The number of H-pyrrole nitrogens is 1. The number of ketones is 1. The molecule has 0 aliphatic carbocycles. The number of halogens is 1. The van der Waals surface area contributed by atoms with E-state index in [1.165, 1.54) is 6.33 Å². The molecule has 3 N–H and O–H groups in total. The molecule has 3 heterocycles. The molecule has 0 spiro atoms. The van der Waals surface area contributed by atoms with Crippen molar-refractivity contribution in [1.82, 2.24) is 15.0 Å². The largest absolute Gasteiger partial charge is 0.457 e. The van der Waals surface area contributed by atoms with Crippen molar-refractivity contribution < 1.29 is 19.4 Å². The second-order valence-corrected chi connectivity index (χ2v) is 8.50. The summed E-state index contributed by atoms with van der Waals surface area (Å²) >= 11 is 6.49. The Kier molecular flexibility index (Phi) is 6.44. The first kappa shape index (κ1) is 22.3. The third-order valence-electron chi connectivity index (χ3n) is 5.79. The molecule has 2 aromatic carbocycles. The zero-order chi connectivity index (χ0) is 23.5. The number of nitrogens with zero attached hydrogens (tertiary/aromatic N) is 2. The molecule has 0 amide bonds. The van der Waals surface area contributed by atoms with E-state index in [4.69, 9.17) is 21.1 Å². The Labute approximate surface area is 200 Å². The average molecular weight is 479 g/mol. The van der Waals surface area contributed by atoms with Gasteiger partial charge in [0, 0.05) is 17.8 Å². The van der Waals surface area contributed by atoms with Gasteiger partial charge in [0.25, 0.3) is 0 Å². The van der Waals surface area contributed by atoms with Crippen molar-refractivity contribution in [3.05, 3.63) is 77.2 Å². The minimum absolute atomic E-state index is 0.0108. The first-order chi connectivity index (χ1) is 16.6. The van der Waals surface area contributed by atoms with Crippen LogP contribution in [0.5, 0.6) is 11.5 Å². The molecule has 1 saturated heterocycles. The Bertz CT molecular complexity index is 1300. The number of rotatable bonds is 7. The SMILES string of the molecule is O=C(c1ccc(Oc2ccccc2)cc1Cl)c1c[nH]c2ncnc(N[C@@H]3CCC(CO)OC3)c12. The molecule has 1 fully saturated rings. The fraction of sp³-hybridized carbons (Fsp3) is 0.240. The predicted octanol–water partition coefficient (Wildman–Crippen LogP) is 4.59. The summed E-state index contributed by atoms with van der Waals surface area (Å²) in [4.78, 5) is 25.2. The zero-order valence-corrected chi connectivity index (χ0v) is 19.0. The number of carbonyl (C=O) groups excluding carboxylic acids is 1. The van der Waals surface area contributed by atoms with E-state index < -0.39 is 0 Å². The highest BCUT2D eigenvalue weighted by Crippen LogP contribution is 2.32. The number of nitrogens with one attached hydrogen (secondary N) is 2. The maximum absolute atomic E-state index is 13.5. The second kappa shape index (κ2) is 9.80. The van der Waals surface area contributed by atoms with Gasteiger partial charge in [0.05, 0.1) is 41.3 Å². The maximum atomic E-state index is 13.5. The molecule has 0 radical (unpaired) electrons. The van der Waals surface area contributed by atoms with Gasteiger partial charge < -0.3 is 24.9 Å². The number of carbonyl (C=O) groups is 1. The Morgan fingerprint density at radius 2 is 2.00 bits per heavy atom. The molecule has 0 saturated carbocycles. The van der Waals surface area contributed by atoms with Gasteiger partial charge in [-0.2, -0.15) is 0 Å². The normalized spacial score (nSPS) is 18.1. The third-order valence-corrected chi connectivity index (χ3v) is 6.11. The number of ether oxygens (including phenoxy) is 2. The fourth-order valence-electron chi connectivity index (χ4n) is 4.02. The van der Waals surface area contributed by atoms with Crippen LogP contribution in [0, 0.1) is 0 Å². The lowest BCUT2D eigenvalue weighted by molar-refractivity contribution is -0.0224. The first-order valence-electron chi connectivity index (χ1n) is 11.0. The molecule has 2 aromatic heterocycles. The lowest BCUT2D eigenvalue weighted by Gasteiger charge is -2.29. The molecule has 9 heteroatoms. The van der Waals surface area contributed by atoms with Gasteiger partial charge in [-0.25, -0.2) is 9.97 Å². The minimum atomic E-state index is -0.249. The molecule has 1 unspecified atom stereocenters. The summed E-state index contributed by atoms with van der Waals surface area (Å²) < 4.78 is 11.5. The number of hydrogen-bond donors (Lipinski definition) is 3. The summed E-state index contributed by atoms with van der Waals surface area (Å²) in [6.45, 7) is 0.454. The number of fused-ring (bicyclic) bond motifs is 1. The lowest BCUT2D eigenvalue weighted by Crippen LogP contribution is -2.36. The molecule has 1 aliphatic heterocycles. The van der Waals surface area contributed by atoms with Crippen molar-refractivity contribution >= 4 is 34.2 Å². The number of anilines is 1. The maximum Gasteiger partial charge on any atom is 0.196 e. The number of aromatic nitrogens is 3. The lowest BCUT2D eigenvalue weighted by atomic mass is 10.0. The van der Waals surface area contributed by atoms with E-state index in [0.29, 0.717) is 46.1 Å². The smallest absolute Gasteiger partial charge is 0.196 e. The Balaban J connectivity index is 1.40. The summed E-state index contributed by atoms with van der Waals surface area (Å²) in [5.74, 6) is 1.52. The number of para-hydroxylation sites is 1. The Morgan fingerprint density at radius 1 is 1.15 bits per heavy atom. The van der Waals surface area contributed by atoms with Crippen molar-refractivity contribution in [2.24, 2.45) is 0 Å². The van der Waals surface area contributed by atoms with Gasteiger partial charge in [-0.3, -0.25) is 4.79 Å². The number of benzene rings is 2. The van der Waals surface area contributed by atoms with Crippen molar-refractivity contribution in [3.63, 3.8) is 0 Å². The Hall–Kier alpha value is -3.46. The predicted molar refractivity (Wildman–Crippen MR) is 129 cm³/mol. The summed E-state index contributed by atoms with van der Waals surface area (Å²) in [5.41, 5.74) is 1.32. The van der Waals surface area contributed by atoms with E-state index in [2.05, 4.69) is 20.3 Å². The van der Waals surface area contributed by atoms with Crippen LogP contribution in [-0.4, -0.2) is 51.2 Å². The summed E-state index contributed by atoms with van der Waals surface area (Å²) in [6, 6.07) is 14.4. The average Bonchev–Trinajstić information content (AvgIpc) is 3.30. The van der Waals surface area contributed by atoms with Crippen molar-refractivity contribution in [2.45, 2.75) is 25.0 Å². The molecule has 5 rings (SSSR count). The van der Waals surface area contributed by atoms with Crippen LogP contribution in [0.15, 0.2) is 61.1 Å². The van der Waals surface area contributed by atoms with Gasteiger partial charge >= 0.3 is 0 Å². The summed E-state index contributed by atoms with van der Waals surface area (Å²) in [5, 5.41) is 13.5. The van der Waals surface area contributed by atoms with Crippen LogP contribution in [0.2, 0.25) is 5.02 Å². The van der Waals surface area contributed by atoms with E-state index in [-0.39, 0.29) is 29.6 Å². The number of aliphatic hydroxyl groups excluding tert-OH is 1. The highest BCUT2D eigenvalue weighted by Gasteiger charge is 2.25. The topological polar surface area (TPSA) is 109 Å². The van der Waals surface area contributed by atoms with Crippen molar-refractivity contribution in [2.75, 3.05) is 18.5 Å². The molecule has 0 bridgehead atoms. The van der Waals surface area contributed by atoms with Gasteiger partial charge in [0.2, 0.25) is 0 Å². The number of aromatic amines is 1. The van der Waals surface area contributed by atoms with Crippen molar-refractivity contribution in [3.8, 4) is 11.5 Å². The van der Waals surface area contributed by atoms with E-state index in [9.17, 15) is 9.90 Å². The zero-order valence-electron chi connectivity index (χ0n) is 18.2. The van der Waals surface area contributed by atoms with Gasteiger partial charge in [-0.05, 0) is 37.1 Å². The van der Waals surface area contributed by atoms with Crippen LogP contribution in [0.1, 0.15) is 28.8 Å². The molecule has 174 valence electrons. The third kappa shape index (κ3) is 4.61. The van der Waals surface area contributed by atoms with Crippen LogP contribution in [-0.2, 0) is 4.74 Å². The Morgan fingerprint density at radius 3 is 2.74 bits per heavy atom. The van der Waals surface area contributed by atoms with Gasteiger partial charge in [-0.15, -0.1) is 0 Å². The van der Waals surface area contributed by atoms with Crippen LogP contribution in [0.3, 0.4) is 0 Å². The molecular formula is C25H23ClN4O4. The summed E-state index contributed by atoms with van der Waals surface area (Å²) in [7, 11) is 0. The number of aliphatic hydroxyl groups is 1. The van der Waals surface area contributed by atoms with Crippen LogP contribution in [0.4, 0.5) is 5.82 Å². The monoisotopic (exact) mass is 478 g/mol. The van der Waals surface area contributed by atoms with Crippen molar-refractivity contribution in [1.29, 1.82) is 0 Å². The van der Waals surface area contributed by atoms with E-state index >= 15 is 0 Å². The van der Waals surface area contributed by atoms with Gasteiger partial charge in [-0.1, -0.05) is 29.8 Å².